The smallest absolute Gasteiger partial charge is 0.0417 e. The van der Waals surface area contributed by atoms with Crippen LogP contribution in [0.5, 0.6) is 0 Å². The second kappa shape index (κ2) is 5.07. The highest BCUT2D eigenvalue weighted by Crippen LogP contribution is 2.32. The largest absolute Gasteiger partial charge is 0.0843 e. The van der Waals surface area contributed by atoms with E-state index in [9.17, 15) is 0 Å². The van der Waals surface area contributed by atoms with Crippen LogP contribution >= 0.6 is 27.5 Å². The number of hydrogen-bond acceptors (Lipinski definition) is 0. The molecule has 2 rings (SSSR count). The van der Waals surface area contributed by atoms with Crippen molar-refractivity contribution in [3.63, 3.8) is 0 Å². The monoisotopic (exact) mass is 322 g/mol. The molecule has 0 nitrogen and oxygen atoms in total. The Morgan fingerprint density at radius 2 is 1.56 bits per heavy atom. The standard InChI is InChI=1S/C16H16BrCl/c1-16(2,3)12-6-4-11(5-7-12)14-9-8-13(18)10-15(14)17/h4-10H,1-3H3. The summed E-state index contributed by atoms with van der Waals surface area (Å²) in [5.74, 6) is 0. The SMILES string of the molecule is CC(C)(C)c1ccc(-c2ccc(Cl)cc2Br)cc1. The lowest BCUT2D eigenvalue weighted by Crippen LogP contribution is -2.10. The average molecular weight is 324 g/mol. The lowest BCUT2D eigenvalue weighted by atomic mass is 9.86. The van der Waals surface area contributed by atoms with E-state index in [1.165, 1.54) is 16.7 Å². The minimum absolute atomic E-state index is 0.190. The molecule has 0 aromatic heterocycles. The zero-order valence-electron chi connectivity index (χ0n) is 10.8. The van der Waals surface area contributed by atoms with Crippen LogP contribution in [0.3, 0.4) is 0 Å². The van der Waals surface area contributed by atoms with Crippen LogP contribution < -0.4 is 0 Å². The van der Waals surface area contributed by atoms with Gasteiger partial charge in [0.15, 0.2) is 0 Å². The van der Waals surface area contributed by atoms with Crippen molar-refractivity contribution in [1.82, 2.24) is 0 Å². The Hall–Kier alpha value is -0.790. The molecule has 0 spiro atoms. The summed E-state index contributed by atoms with van der Waals surface area (Å²) < 4.78 is 1.03. The molecule has 0 saturated heterocycles. The summed E-state index contributed by atoms with van der Waals surface area (Å²) in [4.78, 5) is 0. The average Bonchev–Trinajstić information content (AvgIpc) is 2.28. The number of rotatable bonds is 1. The van der Waals surface area contributed by atoms with Crippen LogP contribution in [0.2, 0.25) is 5.02 Å². The maximum absolute atomic E-state index is 5.96. The first kappa shape index (κ1) is 13.6. The van der Waals surface area contributed by atoms with E-state index in [2.05, 4.69) is 61.0 Å². The van der Waals surface area contributed by atoms with Gasteiger partial charge in [-0.05, 0) is 34.2 Å². The normalized spacial score (nSPS) is 11.6. The van der Waals surface area contributed by atoms with E-state index in [1.807, 2.05) is 18.2 Å². The van der Waals surface area contributed by atoms with Gasteiger partial charge in [0.05, 0.1) is 0 Å². The van der Waals surface area contributed by atoms with E-state index in [4.69, 9.17) is 11.6 Å². The fraction of sp³-hybridized carbons (Fsp3) is 0.250. The molecule has 0 unspecified atom stereocenters. The number of hydrogen-bond donors (Lipinski definition) is 0. The second-order valence-electron chi connectivity index (χ2n) is 5.45. The van der Waals surface area contributed by atoms with Gasteiger partial charge in [0.1, 0.15) is 0 Å². The van der Waals surface area contributed by atoms with Gasteiger partial charge in [-0.3, -0.25) is 0 Å². The Bertz CT molecular complexity index is 550. The number of benzene rings is 2. The minimum atomic E-state index is 0.190. The maximum atomic E-state index is 5.96. The Balaban J connectivity index is 2.41. The van der Waals surface area contributed by atoms with Crippen LogP contribution in [0.1, 0.15) is 26.3 Å². The Morgan fingerprint density at radius 3 is 2.06 bits per heavy atom. The molecular weight excluding hydrogens is 308 g/mol. The van der Waals surface area contributed by atoms with Crippen LogP contribution in [-0.4, -0.2) is 0 Å². The lowest BCUT2D eigenvalue weighted by molar-refractivity contribution is 0.590. The van der Waals surface area contributed by atoms with Gasteiger partial charge in [0.25, 0.3) is 0 Å². The van der Waals surface area contributed by atoms with Gasteiger partial charge in [0, 0.05) is 9.50 Å². The third-order valence-corrected chi connectivity index (χ3v) is 3.88. The molecule has 2 heteroatoms. The first-order chi connectivity index (χ1) is 8.38. The second-order valence-corrected chi connectivity index (χ2v) is 6.74. The summed E-state index contributed by atoms with van der Waals surface area (Å²) in [6.45, 7) is 6.67. The number of halogens is 2. The van der Waals surface area contributed by atoms with Crippen molar-refractivity contribution in [2.45, 2.75) is 26.2 Å². The van der Waals surface area contributed by atoms with Gasteiger partial charge in [-0.2, -0.15) is 0 Å². The highest BCUT2D eigenvalue weighted by molar-refractivity contribution is 9.10. The first-order valence-electron chi connectivity index (χ1n) is 5.94. The van der Waals surface area contributed by atoms with Gasteiger partial charge in [-0.25, -0.2) is 0 Å². The molecule has 0 radical (unpaired) electrons. The summed E-state index contributed by atoms with van der Waals surface area (Å²) >= 11 is 9.52. The fourth-order valence-electron chi connectivity index (χ4n) is 1.87. The molecule has 2 aromatic rings. The molecule has 0 aliphatic carbocycles. The van der Waals surface area contributed by atoms with Crippen molar-refractivity contribution >= 4 is 27.5 Å². The molecule has 0 heterocycles. The Labute approximate surface area is 122 Å². The summed E-state index contributed by atoms with van der Waals surface area (Å²) in [5.41, 5.74) is 3.90. The van der Waals surface area contributed by atoms with Gasteiger partial charge < -0.3 is 0 Å². The van der Waals surface area contributed by atoms with E-state index in [-0.39, 0.29) is 5.41 Å². The zero-order chi connectivity index (χ0) is 13.3. The quantitative estimate of drug-likeness (QED) is 0.597. The van der Waals surface area contributed by atoms with Gasteiger partial charge >= 0.3 is 0 Å². The van der Waals surface area contributed by atoms with E-state index in [1.54, 1.807) is 0 Å². The topological polar surface area (TPSA) is 0 Å². The molecule has 18 heavy (non-hydrogen) atoms. The highest BCUT2D eigenvalue weighted by Gasteiger charge is 2.13. The van der Waals surface area contributed by atoms with Crippen molar-refractivity contribution in [2.24, 2.45) is 0 Å². The minimum Gasteiger partial charge on any atom is -0.0843 e. The first-order valence-corrected chi connectivity index (χ1v) is 7.11. The molecule has 2 aromatic carbocycles. The van der Waals surface area contributed by atoms with Crippen LogP contribution in [0.25, 0.3) is 11.1 Å². The zero-order valence-corrected chi connectivity index (χ0v) is 13.1. The van der Waals surface area contributed by atoms with Gasteiger partial charge in [0.2, 0.25) is 0 Å². The van der Waals surface area contributed by atoms with Gasteiger partial charge in [-0.1, -0.05) is 78.6 Å². The predicted molar refractivity (Wildman–Crippen MR) is 83.3 cm³/mol. The van der Waals surface area contributed by atoms with E-state index in [0.717, 1.165) is 9.50 Å². The third kappa shape index (κ3) is 2.96. The molecule has 0 N–H and O–H groups in total. The van der Waals surface area contributed by atoms with E-state index >= 15 is 0 Å². The molecule has 0 atom stereocenters. The molecular formula is C16H16BrCl. The molecule has 94 valence electrons. The van der Waals surface area contributed by atoms with Crippen molar-refractivity contribution in [3.05, 3.63) is 57.5 Å². The van der Waals surface area contributed by atoms with Crippen LogP contribution in [0.15, 0.2) is 46.9 Å². The van der Waals surface area contributed by atoms with Crippen LogP contribution in [0.4, 0.5) is 0 Å². The molecule has 0 aliphatic heterocycles. The third-order valence-electron chi connectivity index (χ3n) is 2.99. The van der Waals surface area contributed by atoms with Crippen LogP contribution in [0, 0.1) is 0 Å². The molecule has 0 amide bonds. The predicted octanol–water partition coefficient (Wildman–Crippen LogP) is 6.07. The maximum Gasteiger partial charge on any atom is 0.0417 e. The van der Waals surface area contributed by atoms with E-state index < -0.39 is 0 Å². The van der Waals surface area contributed by atoms with Crippen molar-refractivity contribution < 1.29 is 0 Å². The van der Waals surface area contributed by atoms with Crippen molar-refractivity contribution in [2.75, 3.05) is 0 Å². The summed E-state index contributed by atoms with van der Waals surface area (Å²) in [7, 11) is 0. The Morgan fingerprint density at radius 1 is 0.944 bits per heavy atom. The lowest BCUT2D eigenvalue weighted by Gasteiger charge is -2.19. The summed E-state index contributed by atoms with van der Waals surface area (Å²) in [6.07, 6.45) is 0. The molecule has 0 bridgehead atoms. The molecule has 0 fully saturated rings. The fourth-order valence-corrected chi connectivity index (χ4v) is 2.78. The molecule has 0 aliphatic rings. The van der Waals surface area contributed by atoms with Gasteiger partial charge in [-0.15, -0.1) is 0 Å². The van der Waals surface area contributed by atoms with Crippen molar-refractivity contribution in [1.29, 1.82) is 0 Å². The highest BCUT2D eigenvalue weighted by atomic mass is 79.9. The summed E-state index contributed by atoms with van der Waals surface area (Å²) in [5, 5.41) is 0.747. The van der Waals surface area contributed by atoms with Crippen LogP contribution in [-0.2, 0) is 5.41 Å². The van der Waals surface area contributed by atoms with Crippen molar-refractivity contribution in [3.8, 4) is 11.1 Å². The molecule has 0 saturated carbocycles. The summed E-state index contributed by atoms with van der Waals surface area (Å²) in [6, 6.07) is 14.6. The van der Waals surface area contributed by atoms with E-state index in [0.29, 0.717) is 0 Å². The Kier molecular flexibility index (Phi) is 3.84.